The summed E-state index contributed by atoms with van der Waals surface area (Å²) in [6, 6.07) is 1.81. The Morgan fingerprint density at radius 3 is 2.48 bits per heavy atom. The SMILES string of the molecule is C[C@H](C(=O)N[C@@H]1C[C@@H]2CC[C@@H]1C2)N(c1ccc(F)c(F)c1)S(C)(=O)=O. The van der Waals surface area contributed by atoms with E-state index in [1.807, 2.05) is 0 Å². The van der Waals surface area contributed by atoms with Gasteiger partial charge in [-0.1, -0.05) is 6.42 Å². The molecule has 25 heavy (non-hydrogen) atoms. The lowest BCUT2D eigenvalue weighted by molar-refractivity contribution is -0.122. The Balaban J connectivity index is 1.80. The molecule has 138 valence electrons. The third-order valence-corrected chi connectivity index (χ3v) is 6.55. The quantitative estimate of drug-likeness (QED) is 0.863. The van der Waals surface area contributed by atoms with Crippen LogP contribution in [0, 0.1) is 23.5 Å². The third-order valence-electron chi connectivity index (χ3n) is 5.31. The lowest BCUT2D eigenvalue weighted by atomic mass is 9.95. The van der Waals surface area contributed by atoms with Gasteiger partial charge in [0.25, 0.3) is 0 Å². The van der Waals surface area contributed by atoms with Crippen LogP contribution in [0.15, 0.2) is 18.2 Å². The van der Waals surface area contributed by atoms with Crippen LogP contribution >= 0.6 is 0 Å². The van der Waals surface area contributed by atoms with E-state index in [-0.39, 0.29) is 11.7 Å². The Kier molecular flexibility index (Phi) is 4.74. The number of nitrogens with zero attached hydrogens (tertiary/aromatic N) is 1. The average Bonchev–Trinajstić information content (AvgIpc) is 3.12. The van der Waals surface area contributed by atoms with E-state index in [1.54, 1.807) is 0 Å². The van der Waals surface area contributed by atoms with Crippen molar-refractivity contribution in [2.45, 2.75) is 44.7 Å². The molecule has 0 radical (unpaired) electrons. The number of carbonyl (C=O) groups excluding carboxylic acids is 1. The zero-order valence-electron chi connectivity index (χ0n) is 14.2. The maximum absolute atomic E-state index is 13.5. The molecule has 1 N–H and O–H groups in total. The maximum atomic E-state index is 13.5. The minimum atomic E-state index is -3.85. The van der Waals surface area contributed by atoms with Crippen molar-refractivity contribution in [3.8, 4) is 0 Å². The zero-order chi connectivity index (χ0) is 18.4. The molecule has 1 amide bonds. The number of benzene rings is 1. The first-order chi connectivity index (χ1) is 11.7. The first-order valence-corrected chi connectivity index (χ1v) is 10.3. The maximum Gasteiger partial charge on any atom is 0.243 e. The zero-order valence-corrected chi connectivity index (χ0v) is 15.0. The van der Waals surface area contributed by atoms with E-state index < -0.39 is 33.6 Å². The summed E-state index contributed by atoms with van der Waals surface area (Å²) in [5, 5.41) is 2.95. The second-order valence-electron chi connectivity index (χ2n) is 7.12. The van der Waals surface area contributed by atoms with Gasteiger partial charge in [-0.25, -0.2) is 17.2 Å². The molecule has 0 unspecified atom stereocenters. The van der Waals surface area contributed by atoms with Crippen LogP contribution < -0.4 is 9.62 Å². The van der Waals surface area contributed by atoms with Gasteiger partial charge in [0.1, 0.15) is 6.04 Å². The summed E-state index contributed by atoms with van der Waals surface area (Å²) in [5.41, 5.74) is -0.0722. The highest BCUT2D eigenvalue weighted by atomic mass is 32.2. The van der Waals surface area contributed by atoms with Crippen molar-refractivity contribution < 1.29 is 22.0 Å². The Morgan fingerprint density at radius 1 is 1.24 bits per heavy atom. The van der Waals surface area contributed by atoms with Gasteiger partial charge in [-0.2, -0.15) is 0 Å². The molecule has 0 aliphatic heterocycles. The first-order valence-electron chi connectivity index (χ1n) is 8.41. The number of hydrogen-bond donors (Lipinski definition) is 1. The van der Waals surface area contributed by atoms with Crippen molar-refractivity contribution in [1.82, 2.24) is 5.32 Å². The number of sulfonamides is 1. The predicted octanol–water partition coefficient (Wildman–Crippen LogP) is 2.42. The number of amides is 1. The minimum Gasteiger partial charge on any atom is -0.351 e. The van der Waals surface area contributed by atoms with Gasteiger partial charge in [-0.15, -0.1) is 0 Å². The van der Waals surface area contributed by atoms with E-state index in [0.717, 1.165) is 48.0 Å². The Labute approximate surface area is 146 Å². The highest BCUT2D eigenvalue weighted by Crippen LogP contribution is 2.44. The van der Waals surface area contributed by atoms with Crippen LogP contribution in [-0.2, 0) is 14.8 Å². The molecule has 0 spiro atoms. The number of fused-ring (bicyclic) bond motifs is 2. The van der Waals surface area contributed by atoms with Gasteiger partial charge in [0.05, 0.1) is 11.9 Å². The second-order valence-corrected chi connectivity index (χ2v) is 8.98. The summed E-state index contributed by atoms with van der Waals surface area (Å²) >= 11 is 0. The third kappa shape index (κ3) is 3.63. The van der Waals surface area contributed by atoms with Crippen LogP contribution in [0.1, 0.15) is 32.6 Å². The first kappa shape index (κ1) is 18.1. The fraction of sp³-hybridized carbons (Fsp3) is 0.588. The fourth-order valence-corrected chi connectivity index (χ4v) is 5.32. The van der Waals surface area contributed by atoms with Crippen molar-refractivity contribution >= 4 is 21.6 Å². The van der Waals surface area contributed by atoms with Crippen LogP contribution in [0.5, 0.6) is 0 Å². The number of nitrogens with one attached hydrogen (secondary N) is 1. The summed E-state index contributed by atoms with van der Waals surface area (Å²) in [6.07, 6.45) is 5.25. The van der Waals surface area contributed by atoms with E-state index in [9.17, 15) is 22.0 Å². The van der Waals surface area contributed by atoms with Gasteiger partial charge in [0, 0.05) is 12.1 Å². The second kappa shape index (κ2) is 6.55. The molecule has 8 heteroatoms. The van der Waals surface area contributed by atoms with Crippen molar-refractivity contribution in [3.63, 3.8) is 0 Å². The lowest BCUT2D eigenvalue weighted by Crippen LogP contribution is -2.51. The Bertz CT molecular complexity index is 784. The monoisotopic (exact) mass is 372 g/mol. The number of anilines is 1. The van der Waals surface area contributed by atoms with Gasteiger partial charge >= 0.3 is 0 Å². The molecule has 2 aliphatic carbocycles. The average molecular weight is 372 g/mol. The van der Waals surface area contributed by atoms with Crippen LogP contribution in [0.25, 0.3) is 0 Å². The van der Waals surface area contributed by atoms with Gasteiger partial charge < -0.3 is 5.32 Å². The number of rotatable bonds is 5. The number of hydrogen-bond acceptors (Lipinski definition) is 3. The summed E-state index contributed by atoms with van der Waals surface area (Å²) in [5.74, 6) is -1.56. The van der Waals surface area contributed by atoms with Crippen molar-refractivity contribution in [2.75, 3.05) is 10.6 Å². The summed E-state index contributed by atoms with van der Waals surface area (Å²) in [4.78, 5) is 12.6. The topological polar surface area (TPSA) is 66.5 Å². The lowest BCUT2D eigenvalue weighted by Gasteiger charge is -2.31. The van der Waals surface area contributed by atoms with Crippen molar-refractivity contribution in [2.24, 2.45) is 11.8 Å². The van der Waals surface area contributed by atoms with Crippen LogP contribution in [0.2, 0.25) is 0 Å². The van der Waals surface area contributed by atoms with E-state index in [4.69, 9.17) is 0 Å². The van der Waals surface area contributed by atoms with Crippen molar-refractivity contribution in [3.05, 3.63) is 29.8 Å². The number of halogens is 2. The smallest absolute Gasteiger partial charge is 0.243 e. The molecule has 3 rings (SSSR count). The standard InChI is InChI=1S/C17H22F2N2O3S/c1-10(17(22)20-16-8-11-3-4-12(16)7-11)21(25(2,23)24)13-5-6-14(18)15(19)9-13/h5-6,9-12,16H,3-4,7-8H2,1-2H3,(H,20,22)/t10-,11-,12-,16-/m1/s1. The molecule has 2 saturated carbocycles. The molecule has 4 atom stereocenters. The molecule has 0 aromatic heterocycles. The molecule has 0 heterocycles. The normalized spacial score (nSPS) is 26.5. The fourth-order valence-electron chi connectivity index (χ4n) is 4.16. The molecule has 5 nitrogen and oxygen atoms in total. The molecule has 2 bridgehead atoms. The highest BCUT2D eigenvalue weighted by molar-refractivity contribution is 7.92. The predicted molar refractivity (Wildman–Crippen MR) is 90.5 cm³/mol. The van der Waals surface area contributed by atoms with Crippen LogP contribution in [0.3, 0.4) is 0 Å². The molecule has 0 saturated heterocycles. The Morgan fingerprint density at radius 2 is 1.96 bits per heavy atom. The van der Waals surface area contributed by atoms with Gasteiger partial charge in [-0.05, 0) is 50.2 Å². The molecular formula is C17H22F2N2O3S. The minimum absolute atomic E-state index is 0.0695. The Hall–Kier alpha value is -1.70. The summed E-state index contributed by atoms with van der Waals surface area (Å²) < 4.78 is 51.8. The summed E-state index contributed by atoms with van der Waals surface area (Å²) in [7, 11) is -3.85. The van der Waals surface area contributed by atoms with Gasteiger partial charge in [-0.3, -0.25) is 9.10 Å². The van der Waals surface area contributed by atoms with E-state index in [1.165, 1.54) is 13.3 Å². The van der Waals surface area contributed by atoms with Crippen LogP contribution in [0.4, 0.5) is 14.5 Å². The summed E-state index contributed by atoms with van der Waals surface area (Å²) in [6.45, 7) is 1.45. The molecule has 1 aromatic rings. The molecular weight excluding hydrogens is 350 g/mol. The largest absolute Gasteiger partial charge is 0.351 e. The molecule has 1 aromatic carbocycles. The van der Waals surface area contributed by atoms with Gasteiger partial charge in [0.15, 0.2) is 11.6 Å². The van der Waals surface area contributed by atoms with E-state index >= 15 is 0 Å². The number of carbonyl (C=O) groups is 1. The van der Waals surface area contributed by atoms with E-state index in [2.05, 4.69) is 5.32 Å². The molecule has 2 aliphatic rings. The highest BCUT2D eigenvalue weighted by Gasteiger charge is 2.41. The van der Waals surface area contributed by atoms with Crippen LogP contribution in [-0.4, -0.2) is 32.7 Å². The van der Waals surface area contributed by atoms with Crippen molar-refractivity contribution in [1.29, 1.82) is 0 Å². The molecule has 2 fully saturated rings. The van der Waals surface area contributed by atoms with E-state index in [0.29, 0.717) is 11.8 Å². The van der Waals surface area contributed by atoms with Gasteiger partial charge in [0.2, 0.25) is 15.9 Å².